The summed E-state index contributed by atoms with van der Waals surface area (Å²) in [6.45, 7) is 10.8. The molecule has 1 aromatic carbocycles. The van der Waals surface area contributed by atoms with Gasteiger partial charge in [0.05, 0.1) is 12.7 Å². The Morgan fingerprint density at radius 1 is 1.21 bits per heavy atom. The SMILES string of the molecule is CCCCCN1CC[C@H](CCOc2cccc(C)c2C)[C@H](OC)C1. The van der Waals surface area contributed by atoms with Crippen LogP contribution in [0.4, 0.5) is 0 Å². The number of methoxy groups -OCH3 is 1. The average molecular weight is 334 g/mol. The van der Waals surface area contributed by atoms with Crippen LogP contribution in [0.1, 0.15) is 50.2 Å². The van der Waals surface area contributed by atoms with Gasteiger partial charge in [0.15, 0.2) is 0 Å². The van der Waals surface area contributed by atoms with Crippen molar-refractivity contribution in [2.45, 2.75) is 59.0 Å². The number of rotatable bonds is 9. The van der Waals surface area contributed by atoms with Crippen molar-refractivity contribution >= 4 is 0 Å². The number of hydrogen-bond donors (Lipinski definition) is 0. The third-order valence-corrected chi connectivity index (χ3v) is 5.46. The molecule has 1 aliphatic rings. The van der Waals surface area contributed by atoms with Gasteiger partial charge in [-0.15, -0.1) is 0 Å². The normalized spacial score (nSPS) is 21.8. The number of nitrogens with zero attached hydrogens (tertiary/aromatic N) is 1. The first-order valence-electron chi connectivity index (χ1n) is 9.59. The number of hydrogen-bond acceptors (Lipinski definition) is 3. The summed E-state index contributed by atoms with van der Waals surface area (Å²) in [5.41, 5.74) is 2.55. The van der Waals surface area contributed by atoms with E-state index in [1.165, 1.54) is 49.9 Å². The topological polar surface area (TPSA) is 21.7 Å². The van der Waals surface area contributed by atoms with Crippen molar-refractivity contribution in [3.8, 4) is 5.75 Å². The van der Waals surface area contributed by atoms with E-state index in [9.17, 15) is 0 Å². The minimum atomic E-state index is 0.350. The lowest BCUT2D eigenvalue weighted by Gasteiger charge is -2.37. The van der Waals surface area contributed by atoms with Crippen LogP contribution in [0.15, 0.2) is 18.2 Å². The molecular formula is C21H35NO2. The van der Waals surface area contributed by atoms with Crippen molar-refractivity contribution in [1.82, 2.24) is 4.90 Å². The first-order valence-corrected chi connectivity index (χ1v) is 9.59. The van der Waals surface area contributed by atoms with E-state index >= 15 is 0 Å². The van der Waals surface area contributed by atoms with E-state index in [1.807, 2.05) is 7.11 Å². The molecule has 3 heteroatoms. The summed E-state index contributed by atoms with van der Waals surface area (Å²) < 4.78 is 11.8. The van der Waals surface area contributed by atoms with E-state index in [0.29, 0.717) is 12.0 Å². The molecular weight excluding hydrogens is 298 g/mol. The zero-order valence-corrected chi connectivity index (χ0v) is 16.0. The second kappa shape index (κ2) is 10.0. The number of aryl methyl sites for hydroxylation is 1. The molecule has 0 aliphatic carbocycles. The van der Waals surface area contributed by atoms with E-state index in [1.54, 1.807) is 0 Å². The van der Waals surface area contributed by atoms with Crippen LogP contribution in [0, 0.1) is 19.8 Å². The molecule has 0 amide bonds. The minimum absolute atomic E-state index is 0.350. The fourth-order valence-electron chi connectivity index (χ4n) is 3.62. The molecule has 2 rings (SSSR count). The van der Waals surface area contributed by atoms with E-state index in [-0.39, 0.29) is 0 Å². The average Bonchev–Trinajstić information content (AvgIpc) is 2.59. The standard InChI is InChI=1S/C21H35NO2/c1-5-6-7-13-22-14-11-19(21(16-22)23-4)12-15-24-20-10-8-9-17(2)18(20)3/h8-10,19,21H,5-7,11-16H2,1-4H3/t19-,21-/m1/s1. The fraction of sp³-hybridized carbons (Fsp3) is 0.714. The Hall–Kier alpha value is -1.06. The number of ether oxygens (including phenoxy) is 2. The van der Waals surface area contributed by atoms with Gasteiger partial charge in [-0.05, 0) is 69.3 Å². The molecule has 1 saturated heterocycles. The highest BCUT2D eigenvalue weighted by molar-refractivity contribution is 5.38. The monoisotopic (exact) mass is 333 g/mol. The summed E-state index contributed by atoms with van der Waals surface area (Å²) >= 11 is 0. The molecule has 0 saturated carbocycles. The minimum Gasteiger partial charge on any atom is -0.493 e. The first-order chi connectivity index (χ1) is 11.7. The van der Waals surface area contributed by atoms with Gasteiger partial charge in [0, 0.05) is 13.7 Å². The maximum absolute atomic E-state index is 6.05. The van der Waals surface area contributed by atoms with Crippen molar-refractivity contribution in [3.63, 3.8) is 0 Å². The fourth-order valence-corrected chi connectivity index (χ4v) is 3.62. The predicted molar refractivity (Wildman–Crippen MR) is 101 cm³/mol. The second-order valence-electron chi connectivity index (χ2n) is 7.17. The third kappa shape index (κ3) is 5.49. The van der Waals surface area contributed by atoms with Crippen molar-refractivity contribution in [2.75, 3.05) is 33.4 Å². The molecule has 0 aromatic heterocycles. The number of piperidine rings is 1. The van der Waals surface area contributed by atoms with Gasteiger partial charge in [0.1, 0.15) is 5.75 Å². The van der Waals surface area contributed by atoms with Crippen LogP contribution in [0.3, 0.4) is 0 Å². The smallest absolute Gasteiger partial charge is 0.122 e. The zero-order chi connectivity index (χ0) is 17.4. The van der Waals surface area contributed by atoms with Gasteiger partial charge < -0.3 is 14.4 Å². The second-order valence-corrected chi connectivity index (χ2v) is 7.17. The quantitative estimate of drug-likeness (QED) is 0.617. The summed E-state index contributed by atoms with van der Waals surface area (Å²) in [5, 5.41) is 0. The van der Waals surface area contributed by atoms with Crippen LogP contribution in [-0.4, -0.2) is 44.4 Å². The van der Waals surface area contributed by atoms with Crippen LogP contribution < -0.4 is 4.74 Å². The van der Waals surface area contributed by atoms with E-state index in [0.717, 1.165) is 25.3 Å². The molecule has 136 valence electrons. The van der Waals surface area contributed by atoms with Crippen molar-refractivity contribution in [1.29, 1.82) is 0 Å². The molecule has 24 heavy (non-hydrogen) atoms. The van der Waals surface area contributed by atoms with Crippen molar-refractivity contribution < 1.29 is 9.47 Å². The Balaban J connectivity index is 1.77. The lowest BCUT2D eigenvalue weighted by Crippen LogP contribution is -2.45. The van der Waals surface area contributed by atoms with E-state index < -0.39 is 0 Å². The molecule has 3 nitrogen and oxygen atoms in total. The van der Waals surface area contributed by atoms with Gasteiger partial charge >= 0.3 is 0 Å². The van der Waals surface area contributed by atoms with Gasteiger partial charge in [0.25, 0.3) is 0 Å². The molecule has 0 radical (unpaired) electrons. The largest absolute Gasteiger partial charge is 0.493 e. The molecule has 0 unspecified atom stereocenters. The summed E-state index contributed by atoms with van der Waals surface area (Å²) in [4.78, 5) is 2.58. The van der Waals surface area contributed by atoms with Gasteiger partial charge in [-0.3, -0.25) is 0 Å². The summed E-state index contributed by atoms with van der Waals surface area (Å²) in [5.74, 6) is 1.64. The van der Waals surface area contributed by atoms with Crippen LogP contribution in [0.5, 0.6) is 5.75 Å². The number of unbranched alkanes of at least 4 members (excludes halogenated alkanes) is 2. The summed E-state index contributed by atoms with van der Waals surface area (Å²) in [7, 11) is 1.86. The number of benzene rings is 1. The van der Waals surface area contributed by atoms with Crippen LogP contribution >= 0.6 is 0 Å². The highest BCUT2D eigenvalue weighted by atomic mass is 16.5. The Morgan fingerprint density at radius 3 is 2.79 bits per heavy atom. The van der Waals surface area contributed by atoms with Gasteiger partial charge in [0.2, 0.25) is 0 Å². The van der Waals surface area contributed by atoms with E-state index in [2.05, 4.69) is 43.9 Å². The van der Waals surface area contributed by atoms with Crippen LogP contribution in [0.25, 0.3) is 0 Å². The predicted octanol–water partition coefficient (Wildman–Crippen LogP) is 4.60. The maximum atomic E-state index is 6.05. The van der Waals surface area contributed by atoms with Gasteiger partial charge in [-0.1, -0.05) is 31.9 Å². The van der Waals surface area contributed by atoms with Crippen molar-refractivity contribution in [2.24, 2.45) is 5.92 Å². The van der Waals surface area contributed by atoms with E-state index in [4.69, 9.17) is 9.47 Å². The lowest BCUT2D eigenvalue weighted by atomic mass is 9.90. The molecule has 0 spiro atoms. The molecule has 1 heterocycles. The summed E-state index contributed by atoms with van der Waals surface area (Å²) in [6, 6.07) is 6.29. The Labute approximate surface area is 148 Å². The van der Waals surface area contributed by atoms with Crippen LogP contribution in [0.2, 0.25) is 0 Å². The summed E-state index contributed by atoms with van der Waals surface area (Å²) in [6.07, 6.45) is 6.59. The number of likely N-dealkylation sites (tertiary alicyclic amines) is 1. The molecule has 1 aromatic rings. The Kier molecular flexibility index (Phi) is 8.07. The highest BCUT2D eigenvalue weighted by Gasteiger charge is 2.28. The molecule has 0 bridgehead atoms. The molecule has 1 aliphatic heterocycles. The Bertz CT molecular complexity index is 489. The van der Waals surface area contributed by atoms with Gasteiger partial charge in [-0.2, -0.15) is 0 Å². The highest BCUT2D eigenvalue weighted by Crippen LogP contribution is 2.25. The third-order valence-electron chi connectivity index (χ3n) is 5.46. The lowest BCUT2D eigenvalue weighted by molar-refractivity contribution is -0.0180. The molecule has 1 fully saturated rings. The van der Waals surface area contributed by atoms with Crippen LogP contribution in [-0.2, 0) is 4.74 Å². The van der Waals surface area contributed by atoms with Gasteiger partial charge in [-0.25, -0.2) is 0 Å². The van der Waals surface area contributed by atoms with Crippen molar-refractivity contribution in [3.05, 3.63) is 29.3 Å². The Morgan fingerprint density at radius 2 is 2.04 bits per heavy atom. The first kappa shape index (κ1) is 19.3. The molecule has 2 atom stereocenters. The maximum Gasteiger partial charge on any atom is 0.122 e. The zero-order valence-electron chi connectivity index (χ0n) is 16.0. The molecule has 0 N–H and O–H groups in total.